The van der Waals surface area contributed by atoms with Gasteiger partial charge in [-0.25, -0.2) is 0 Å². The first-order chi connectivity index (χ1) is 10.8. The van der Waals surface area contributed by atoms with Gasteiger partial charge in [-0.05, 0) is 16.7 Å². The highest BCUT2D eigenvalue weighted by molar-refractivity contribution is 5.46. The third-order valence-corrected chi connectivity index (χ3v) is 3.57. The monoisotopic (exact) mass is 290 g/mol. The molecule has 0 aliphatic carbocycles. The smallest absolute Gasteiger partial charge is 0.140 e. The summed E-state index contributed by atoms with van der Waals surface area (Å²) in [5.74, 6) is 0. The summed E-state index contributed by atoms with van der Waals surface area (Å²) in [5, 5.41) is 11.4. The molecule has 3 aromatic carbocycles. The second-order valence-electron chi connectivity index (χ2n) is 4.81. The molecule has 112 valence electrons. The fraction of sp³-hybridized carbons (Fsp3) is 0.143. The van der Waals surface area contributed by atoms with Crippen molar-refractivity contribution in [2.24, 2.45) is 0 Å². The molecule has 0 saturated heterocycles. The Kier molecular flexibility index (Phi) is 5.51. The van der Waals surface area contributed by atoms with Crippen molar-refractivity contribution in [3.63, 3.8) is 0 Å². The lowest BCUT2D eigenvalue weighted by Crippen LogP contribution is -2.28. The van der Waals surface area contributed by atoms with E-state index < -0.39 is 5.60 Å². The quantitative estimate of drug-likeness (QED) is 0.673. The molecule has 22 heavy (non-hydrogen) atoms. The molecule has 0 bridgehead atoms. The van der Waals surface area contributed by atoms with Crippen LogP contribution in [0.4, 0.5) is 0 Å². The van der Waals surface area contributed by atoms with E-state index in [0.717, 1.165) is 16.7 Å². The molecule has 3 aromatic rings. The summed E-state index contributed by atoms with van der Waals surface area (Å²) in [6, 6.07) is 29.3. The number of aliphatic hydroxyl groups is 1. The molecule has 0 unspecified atom stereocenters. The lowest BCUT2D eigenvalue weighted by atomic mass is 9.80. The van der Waals surface area contributed by atoms with Gasteiger partial charge in [0.1, 0.15) is 5.60 Å². The molecule has 0 amide bonds. The highest BCUT2D eigenvalue weighted by atomic mass is 16.3. The first-order valence-electron chi connectivity index (χ1n) is 7.71. The van der Waals surface area contributed by atoms with Gasteiger partial charge in [0.25, 0.3) is 0 Å². The van der Waals surface area contributed by atoms with Crippen molar-refractivity contribution in [3.8, 4) is 0 Å². The van der Waals surface area contributed by atoms with Crippen molar-refractivity contribution in [1.82, 2.24) is 0 Å². The molecule has 0 atom stereocenters. The van der Waals surface area contributed by atoms with Gasteiger partial charge in [0, 0.05) is 0 Å². The van der Waals surface area contributed by atoms with Gasteiger partial charge >= 0.3 is 0 Å². The van der Waals surface area contributed by atoms with E-state index in [1.54, 1.807) is 0 Å². The van der Waals surface area contributed by atoms with E-state index in [2.05, 4.69) is 0 Å². The minimum atomic E-state index is -1.12. The first kappa shape index (κ1) is 16.0. The SMILES string of the molecule is CC.OC(c1ccccc1)(c1ccccc1)c1ccccc1. The Hall–Kier alpha value is -2.38. The Morgan fingerprint density at radius 2 is 0.727 bits per heavy atom. The van der Waals surface area contributed by atoms with Crippen molar-refractivity contribution < 1.29 is 5.11 Å². The number of hydrogen-bond donors (Lipinski definition) is 1. The second kappa shape index (κ2) is 7.58. The predicted octanol–water partition coefficient (Wildman–Crippen LogP) is 5.00. The number of benzene rings is 3. The summed E-state index contributed by atoms with van der Waals surface area (Å²) >= 11 is 0. The lowest BCUT2D eigenvalue weighted by Gasteiger charge is -2.30. The van der Waals surface area contributed by atoms with E-state index in [0.29, 0.717) is 0 Å². The van der Waals surface area contributed by atoms with Crippen molar-refractivity contribution in [1.29, 1.82) is 0 Å². The van der Waals surface area contributed by atoms with Gasteiger partial charge in [-0.1, -0.05) is 105 Å². The number of hydrogen-bond acceptors (Lipinski definition) is 1. The van der Waals surface area contributed by atoms with E-state index in [-0.39, 0.29) is 0 Å². The van der Waals surface area contributed by atoms with E-state index in [4.69, 9.17) is 0 Å². The van der Waals surface area contributed by atoms with Crippen LogP contribution in [0, 0.1) is 0 Å². The average Bonchev–Trinajstić information content (AvgIpc) is 2.65. The lowest BCUT2D eigenvalue weighted by molar-refractivity contribution is 0.125. The maximum absolute atomic E-state index is 11.4. The Morgan fingerprint density at radius 3 is 0.955 bits per heavy atom. The normalized spacial score (nSPS) is 10.5. The molecule has 0 aromatic heterocycles. The van der Waals surface area contributed by atoms with Crippen LogP contribution in [0.3, 0.4) is 0 Å². The van der Waals surface area contributed by atoms with Crippen LogP contribution in [-0.4, -0.2) is 5.11 Å². The van der Waals surface area contributed by atoms with Crippen LogP contribution < -0.4 is 0 Å². The zero-order chi connectivity index (χ0) is 15.8. The van der Waals surface area contributed by atoms with E-state index >= 15 is 0 Å². The van der Waals surface area contributed by atoms with Gasteiger partial charge in [-0.3, -0.25) is 0 Å². The highest BCUT2D eigenvalue weighted by Crippen LogP contribution is 2.36. The summed E-state index contributed by atoms with van der Waals surface area (Å²) in [6.45, 7) is 4.00. The molecule has 0 saturated carbocycles. The maximum Gasteiger partial charge on any atom is 0.140 e. The van der Waals surface area contributed by atoms with Gasteiger partial charge in [0.15, 0.2) is 0 Å². The molecule has 1 nitrogen and oxygen atoms in total. The molecule has 0 aliphatic rings. The summed E-state index contributed by atoms with van der Waals surface area (Å²) in [6.07, 6.45) is 0. The zero-order valence-corrected chi connectivity index (χ0v) is 13.1. The molecule has 0 fully saturated rings. The Bertz CT molecular complexity index is 563. The summed E-state index contributed by atoms with van der Waals surface area (Å²) in [4.78, 5) is 0. The van der Waals surface area contributed by atoms with Crippen molar-refractivity contribution in [2.75, 3.05) is 0 Å². The maximum atomic E-state index is 11.4. The third-order valence-electron chi connectivity index (χ3n) is 3.57. The Balaban J connectivity index is 0.000000847. The van der Waals surface area contributed by atoms with Crippen LogP contribution in [0.5, 0.6) is 0 Å². The zero-order valence-electron chi connectivity index (χ0n) is 13.1. The topological polar surface area (TPSA) is 20.2 Å². The van der Waals surface area contributed by atoms with Crippen molar-refractivity contribution in [2.45, 2.75) is 19.4 Å². The highest BCUT2D eigenvalue weighted by Gasteiger charge is 2.33. The fourth-order valence-electron chi connectivity index (χ4n) is 2.54. The van der Waals surface area contributed by atoms with Crippen LogP contribution in [0.1, 0.15) is 30.5 Å². The van der Waals surface area contributed by atoms with E-state index in [9.17, 15) is 5.11 Å². The van der Waals surface area contributed by atoms with Crippen molar-refractivity contribution in [3.05, 3.63) is 108 Å². The molecule has 0 spiro atoms. The number of rotatable bonds is 3. The van der Waals surface area contributed by atoms with Crippen LogP contribution >= 0.6 is 0 Å². The van der Waals surface area contributed by atoms with Crippen LogP contribution in [0.25, 0.3) is 0 Å². The molecular formula is C21H22O. The first-order valence-corrected chi connectivity index (χ1v) is 7.71. The van der Waals surface area contributed by atoms with Crippen LogP contribution in [0.15, 0.2) is 91.0 Å². The summed E-state index contributed by atoms with van der Waals surface area (Å²) in [5.41, 5.74) is 1.50. The van der Waals surface area contributed by atoms with E-state index in [1.807, 2.05) is 105 Å². The van der Waals surface area contributed by atoms with Gasteiger partial charge in [0.05, 0.1) is 0 Å². The molecule has 3 rings (SSSR count). The van der Waals surface area contributed by atoms with Gasteiger partial charge in [0.2, 0.25) is 0 Å². The standard InChI is InChI=1S/C19H16O.C2H6/c20-19(16-10-4-1-5-11-16,17-12-6-2-7-13-17)18-14-8-3-9-15-18;1-2/h1-15,20H;1-2H3. The predicted molar refractivity (Wildman–Crippen MR) is 92.8 cm³/mol. The van der Waals surface area contributed by atoms with Gasteiger partial charge in [-0.2, -0.15) is 0 Å². The van der Waals surface area contributed by atoms with Crippen LogP contribution in [0.2, 0.25) is 0 Å². The molecule has 0 aliphatic heterocycles. The van der Waals surface area contributed by atoms with E-state index in [1.165, 1.54) is 0 Å². The van der Waals surface area contributed by atoms with Crippen LogP contribution in [-0.2, 0) is 5.60 Å². The summed E-state index contributed by atoms with van der Waals surface area (Å²) < 4.78 is 0. The Morgan fingerprint density at radius 1 is 0.500 bits per heavy atom. The third kappa shape index (κ3) is 3.10. The minimum absolute atomic E-state index is 0.873. The largest absolute Gasteiger partial charge is 0.376 e. The average molecular weight is 290 g/mol. The van der Waals surface area contributed by atoms with Gasteiger partial charge < -0.3 is 5.11 Å². The molecule has 1 N–H and O–H groups in total. The second-order valence-corrected chi connectivity index (χ2v) is 4.81. The molecule has 0 heterocycles. The fourth-order valence-corrected chi connectivity index (χ4v) is 2.54. The summed E-state index contributed by atoms with van der Waals surface area (Å²) in [7, 11) is 0. The minimum Gasteiger partial charge on any atom is -0.376 e. The molecule has 1 heteroatoms. The molecular weight excluding hydrogens is 268 g/mol. The van der Waals surface area contributed by atoms with Gasteiger partial charge in [-0.15, -0.1) is 0 Å². The Labute approximate surface area is 132 Å². The van der Waals surface area contributed by atoms with Crippen molar-refractivity contribution >= 4 is 0 Å². The molecule has 0 radical (unpaired) electrons.